The summed E-state index contributed by atoms with van der Waals surface area (Å²) in [7, 11) is 1.55. The molecule has 0 saturated heterocycles. The number of aromatic nitrogens is 3. The fourth-order valence-electron chi connectivity index (χ4n) is 3.11. The number of carbonyl (C=O) groups is 1. The third-order valence-corrected chi connectivity index (χ3v) is 4.59. The molecule has 1 aromatic carbocycles. The summed E-state index contributed by atoms with van der Waals surface area (Å²) in [5.74, 6) is 0.313. The van der Waals surface area contributed by atoms with Crippen molar-refractivity contribution in [3.8, 4) is 11.5 Å². The molecule has 0 aliphatic carbocycles. The van der Waals surface area contributed by atoms with E-state index in [0.29, 0.717) is 17.3 Å². The van der Waals surface area contributed by atoms with Crippen LogP contribution in [0.3, 0.4) is 0 Å². The van der Waals surface area contributed by atoms with Crippen LogP contribution in [0.2, 0.25) is 0 Å². The Balaban J connectivity index is 1.40. The highest BCUT2D eigenvalue weighted by Crippen LogP contribution is 2.29. The Morgan fingerprint density at radius 3 is 2.73 bits per heavy atom. The number of methoxy groups -OCH3 is 1. The zero-order valence-electron chi connectivity index (χ0n) is 15.8. The summed E-state index contributed by atoms with van der Waals surface area (Å²) in [6.07, 6.45) is -4.59. The summed E-state index contributed by atoms with van der Waals surface area (Å²) in [5.41, 5.74) is 0. The molecule has 1 amide bonds. The van der Waals surface area contributed by atoms with E-state index >= 15 is 0 Å². The number of hydrogen-bond donors (Lipinski definition) is 0. The predicted octanol–water partition coefficient (Wildman–Crippen LogP) is 3.13. The van der Waals surface area contributed by atoms with E-state index in [-0.39, 0.29) is 37.8 Å². The Hall–Kier alpha value is -3.50. The van der Waals surface area contributed by atoms with Gasteiger partial charge in [0.05, 0.1) is 13.7 Å². The molecule has 0 fully saturated rings. The number of furan rings is 1. The number of amides is 1. The van der Waals surface area contributed by atoms with Crippen molar-refractivity contribution in [1.82, 2.24) is 19.7 Å². The molecule has 3 heterocycles. The van der Waals surface area contributed by atoms with Gasteiger partial charge in [-0.25, -0.2) is 0 Å². The number of ether oxygens (including phenoxy) is 2. The van der Waals surface area contributed by atoms with Gasteiger partial charge in [-0.2, -0.15) is 13.2 Å². The second kappa shape index (κ2) is 7.73. The van der Waals surface area contributed by atoms with Crippen molar-refractivity contribution >= 4 is 5.91 Å². The van der Waals surface area contributed by atoms with Gasteiger partial charge in [0, 0.05) is 19.2 Å². The number of fused-ring (bicyclic) bond motifs is 1. The molecule has 158 valence electrons. The van der Waals surface area contributed by atoms with Crippen LogP contribution in [0, 0.1) is 0 Å². The molecule has 30 heavy (non-hydrogen) atoms. The summed E-state index contributed by atoms with van der Waals surface area (Å²) < 4.78 is 56.1. The van der Waals surface area contributed by atoms with Crippen LogP contribution in [0.4, 0.5) is 13.2 Å². The summed E-state index contributed by atoms with van der Waals surface area (Å²) in [6, 6.07) is 10.2. The molecule has 3 aromatic rings. The van der Waals surface area contributed by atoms with E-state index in [9.17, 15) is 18.0 Å². The topological polar surface area (TPSA) is 82.6 Å². The van der Waals surface area contributed by atoms with E-state index in [0.717, 1.165) is 4.57 Å². The van der Waals surface area contributed by atoms with Crippen molar-refractivity contribution in [3.05, 3.63) is 59.6 Å². The maximum atomic E-state index is 12.9. The molecule has 11 heteroatoms. The van der Waals surface area contributed by atoms with Crippen molar-refractivity contribution < 1.29 is 31.9 Å². The van der Waals surface area contributed by atoms with Crippen LogP contribution in [-0.4, -0.2) is 39.2 Å². The number of benzene rings is 1. The van der Waals surface area contributed by atoms with Gasteiger partial charge in [0.2, 0.25) is 5.82 Å². The van der Waals surface area contributed by atoms with E-state index in [2.05, 4.69) is 10.2 Å². The number of carbonyl (C=O) groups excluding carboxylic acids is 1. The Bertz CT molecular complexity index is 1060. The molecule has 4 rings (SSSR count). The van der Waals surface area contributed by atoms with Gasteiger partial charge in [0.15, 0.2) is 11.6 Å². The average molecular weight is 422 g/mol. The molecular formula is C19H17F3N4O4. The van der Waals surface area contributed by atoms with Crippen LogP contribution in [0.15, 0.2) is 40.8 Å². The average Bonchev–Trinajstić information content (AvgIpc) is 3.38. The second-order valence-corrected chi connectivity index (χ2v) is 6.55. The molecule has 1 aliphatic heterocycles. The van der Waals surface area contributed by atoms with Gasteiger partial charge in [-0.15, -0.1) is 10.2 Å². The second-order valence-electron chi connectivity index (χ2n) is 6.55. The first-order chi connectivity index (χ1) is 14.3. The van der Waals surface area contributed by atoms with E-state index in [1.165, 1.54) is 11.0 Å². The zero-order valence-corrected chi connectivity index (χ0v) is 15.8. The SMILES string of the molecule is COc1cccc(OCc2ccc(C(=O)N3CCn4c(nnc4C(F)(F)F)C3)o2)c1. The largest absolute Gasteiger partial charge is 0.497 e. The van der Waals surface area contributed by atoms with Crippen LogP contribution in [-0.2, 0) is 25.9 Å². The van der Waals surface area contributed by atoms with E-state index in [1.807, 2.05) is 0 Å². The Labute approximate surface area is 168 Å². The Morgan fingerprint density at radius 1 is 1.17 bits per heavy atom. The minimum Gasteiger partial charge on any atom is -0.497 e. The number of rotatable bonds is 5. The fourth-order valence-corrected chi connectivity index (χ4v) is 3.11. The fraction of sp³-hybridized carbons (Fsp3) is 0.316. The lowest BCUT2D eigenvalue weighted by molar-refractivity contribution is -0.147. The molecule has 1 aliphatic rings. The lowest BCUT2D eigenvalue weighted by Gasteiger charge is -2.27. The molecule has 2 aromatic heterocycles. The maximum absolute atomic E-state index is 12.9. The Kier molecular flexibility index (Phi) is 5.10. The third-order valence-electron chi connectivity index (χ3n) is 4.59. The van der Waals surface area contributed by atoms with Crippen molar-refractivity contribution in [2.24, 2.45) is 0 Å². The van der Waals surface area contributed by atoms with Crippen LogP contribution in [0.1, 0.15) is 28.0 Å². The normalized spacial score (nSPS) is 13.8. The molecule has 0 N–H and O–H groups in total. The van der Waals surface area contributed by atoms with Gasteiger partial charge in [-0.1, -0.05) is 6.07 Å². The van der Waals surface area contributed by atoms with Gasteiger partial charge < -0.3 is 23.4 Å². The van der Waals surface area contributed by atoms with Crippen molar-refractivity contribution in [1.29, 1.82) is 0 Å². The highest BCUT2D eigenvalue weighted by molar-refractivity contribution is 5.91. The zero-order chi connectivity index (χ0) is 21.3. The quantitative estimate of drug-likeness (QED) is 0.628. The van der Waals surface area contributed by atoms with E-state index in [4.69, 9.17) is 13.9 Å². The lowest BCUT2D eigenvalue weighted by Crippen LogP contribution is -2.39. The van der Waals surface area contributed by atoms with Crippen LogP contribution < -0.4 is 9.47 Å². The standard InChI is InChI=1S/C19H17F3N4O4/c1-28-12-3-2-4-13(9-12)29-11-14-5-6-15(30-14)17(27)25-7-8-26-16(10-25)23-24-18(26)19(20,21)22/h2-6,9H,7-8,10-11H2,1H3. The van der Waals surface area contributed by atoms with Gasteiger partial charge >= 0.3 is 6.18 Å². The number of halogens is 3. The minimum absolute atomic E-state index is 0.0462. The van der Waals surface area contributed by atoms with E-state index in [1.54, 1.807) is 37.4 Å². The minimum atomic E-state index is -4.59. The van der Waals surface area contributed by atoms with Crippen LogP contribution >= 0.6 is 0 Å². The van der Waals surface area contributed by atoms with Gasteiger partial charge in [-0.3, -0.25) is 4.79 Å². The summed E-state index contributed by atoms with van der Waals surface area (Å²) in [6.45, 7) is 0.0563. The predicted molar refractivity (Wildman–Crippen MR) is 95.8 cm³/mol. The third kappa shape index (κ3) is 3.95. The van der Waals surface area contributed by atoms with Gasteiger partial charge in [0.25, 0.3) is 5.91 Å². The molecule has 0 bridgehead atoms. The molecule has 8 nitrogen and oxygen atoms in total. The first kappa shape index (κ1) is 19.8. The Morgan fingerprint density at radius 2 is 1.97 bits per heavy atom. The smallest absolute Gasteiger partial charge is 0.451 e. The number of alkyl halides is 3. The first-order valence-corrected chi connectivity index (χ1v) is 8.99. The number of nitrogens with zero attached hydrogens (tertiary/aromatic N) is 4. The maximum Gasteiger partial charge on any atom is 0.451 e. The van der Waals surface area contributed by atoms with Crippen LogP contribution in [0.5, 0.6) is 11.5 Å². The highest BCUT2D eigenvalue weighted by Gasteiger charge is 2.40. The molecule has 0 saturated carbocycles. The molecule has 0 radical (unpaired) electrons. The van der Waals surface area contributed by atoms with E-state index < -0.39 is 17.9 Å². The van der Waals surface area contributed by atoms with Crippen LogP contribution in [0.25, 0.3) is 0 Å². The van der Waals surface area contributed by atoms with Crippen molar-refractivity contribution in [3.63, 3.8) is 0 Å². The van der Waals surface area contributed by atoms with Crippen molar-refractivity contribution in [2.45, 2.75) is 25.9 Å². The monoisotopic (exact) mass is 422 g/mol. The summed E-state index contributed by atoms with van der Waals surface area (Å²) in [5, 5.41) is 6.78. The molecule has 0 unspecified atom stereocenters. The number of hydrogen-bond acceptors (Lipinski definition) is 6. The summed E-state index contributed by atoms with van der Waals surface area (Å²) >= 11 is 0. The van der Waals surface area contributed by atoms with Gasteiger partial charge in [-0.05, 0) is 24.3 Å². The van der Waals surface area contributed by atoms with Crippen molar-refractivity contribution in [2.75, 3.05) is 13.7 Å². The van der Waals surface area contributed by atoms with Gasteiger partial charge in [0.1, 0.15) is 23.9 Å². The summed E-state index contributed by atoms with van der Waals surface area (Å²) in [4.78, 5) is 14.1. The highest BCUT2D eigenvalue weighted by atomic mass is 19.4. The lowest BCUT2D eigenvalue weighted by atomic mass is 10.3. The molecule has 0 atom stereocenters. The molecule has 0 spiro atoms. The first-order valence-electron chi connectivity index (χ1n) is 8.99. The molecular weight excluding hydrogens is 405 g/mol.